The molecule has 0 aromatic heterocycles. The molecule has 0 aliphatic heterocycles. The molecule has 0 aliphatic rings. The summed E-state index contributed by atoms with van der Waals surface area (Å²) in [4.78, 5) is 27.1. The van der Waals surface area contributed by atoms with Crippen LogP contribution in [0.2, 0.25) is 0 Å². The van der Waals surface area contributed by atoms with Crippen molar-refractivity contribution < 1.29 is 14.0 Å². The molecule has 1 atom stereocenters. The summed E-state index contributed by atoms with van der Waals surface area (Å²) in [6.45, 7) is 6.61. The fourth-order valence-corrected chi connectivity index (χ4v) is 2.86. The zero-order chi connectivity index (χ0) is 20.5. The number of carbonyl (C=O) groups is 2. The highest BCUT2D eigenvalue weighted by molar-refractivity contribution is 5.87. The molecule has 2 rings (SSSR count). The van der Waals surface area contributed by atoms with Crippen LogP contribution >= 0.6 is 0 Å². The van der Waals surface area contributed by atoms with E-state index in [2.05, 4.69) is 5.32 Å². The van der Waals surface area contributed by atoms with Gasteiger partial charge >= 0.3 is 0 Å². The first-order valence-corrected chi connectivity index (χ1v) is 9.72. The van der Waals surface area contributed by atoms with Crippen LogP contribution in [0.25, 0.3) is 0 Å². The summed E-state index contributed by atoms with van der Waals surface area (Å²) in [6.07, 6.45) is 0.924. The molecule has 150 valence electrons. The monoisotopic (exact) mass is 384 g/mol. The maximum absolute atomic E-state index is 13.2. The predicted molar refractivity (Wildman–Crippen MR) is 109 cm³/mol. The van der Waals surface area contributed by atoms with Gasteiger partial charge in [0, 0.05) is 19.5 Å². The maximum Gasteiger partial charge on any atom is 0.242 e. The van der Waals surface area contributed by atoms with Crippen LogP contribution < -0.4 is 5.32 Å². The number of carbonyl (C=O) groups excluding carboxylic acids is 2. The summed E-state index contributed by atoms with van der Waals surface area (Å²) in [5.74, 6) is -0.270. The Morgan fingerprint density at radius 2 is 1.61 bits per heavy atom. The molecule has 1 N–H and O–H groups in total. The van der Waals surface area contributed by atoms with Crippen molar-refractivity contribution in [1.82, 2.24) is 10.2 Å². The topological polar surface area (TPSA) is 49.4 Å². The lowest BCUT2D eigenvalue weighted by Crippen LogP contribution is -2.48. The van der Waals surface area contributed by atoms with E-state index in [1.165, 1.54) is 12.1 Å². The van der Waals surface area contributed by atoms with Crippen molar-refractivity contribution in [3.63, 3.8) is 0 Å². The molecule has 2 aromatic carbocycles. The van der Waals surface area contributed by atoms with E-state index in [0.29, 0.717) is 25.3 Å². The van der Waals surface area contributed by atoms with Crippen LogP contribution in [0.4, 0.5) is 4.39 Å². The SMILES string of the molecule is CC(C)CNC(=O)[C@@H](C)N(Cc1ccc(F)cc1)C(=O)CCc1ccccc1. The van der Waals surface area contributed by atoms with Crippen LogP contribution in [-0.2, 0) is 22.6 Å². The van der Waals surface area contributed by atoms with Gasteiger partial charge in [0.1, 0.15) is 11.9 Å². The number of rotatable bonds is 9. The van der Waals surface area contributed by atoms with Gasteiger partial charge in [-0.2, -0.15) is 0 Å². The van der Waals surface area contributed by atoms with Gasteiger partial charge in [-0.15, -0.1) is 0 Å². The lowest BCUT2D eigenvalue weighted by molar-refractivity contribution is -0.140. The maximum atomic E-state index is 13.2. The third-order valence-corrected chi connectivity index (χ3v) is 4.59. The highest BCUT2D eigenvalue weighted by Gasteiger charge is 2.25. The third kappa shape index (κ3) is 6.80. The molecule has 0 fully saturated rings. The highest BCUT2D eigenvalue weighted by Crippen LogP contribution is 2.14. The van der Waals surface area contributed by atoms with Gasteiger partial charge in [-0.3, -0.25) is 9.59 Å². The van der Waals surface area contributed by atoms with Gasteiger partial charge < -0.3 is 10.2 Å². The highest BCUT2D eigenvalue weighted by atomic mass is 19.1. The van der Waals surface area contributed by atoms with Gasteiger partial charge in [0.15, 0.2) is 0 Å². The lowest BCUT2D eigenvalue weighted by atomic mass is 10.1. The Kier molecular flexibility index (Phi) is 8.18. The number of hydrogen-bond acceptors (Lipinski definition) is 2. The second-order valence-electron chi connectivity index (χ2n) is 7.45. The van der Waals surface area contributed by atoms with Crippen LogP contribution in [0, 0.1) is 11.7 Å². The van der Waals surface area contributed by atoms with E-state index in [-0.39, 0.29) is 24.2 Å². The number of halogens is 1. The molecule has 5 heteroatoms. The lowest BCUT2D eigenvalue weighted by Gasteiger charge is -2.29. The van der Waals surface area contributed by atoms with Crippen molar-refractivity contribution >= 4 is 11.8 Å². The summed E-state index contributed by atoms with van der Waals surface area (Å²) < 4.78 is 13.2. The summed E-state index contributed by atoms with van der Waals surface area (Å²) in [5, 5.41) is 2.89. The van der Waals surface area contributed by atoms with Gasteiger partial charge in [0.2, 0.25) is 11.8 Å². The molecule has 0 saturated carbocycles. The van der Waals surface area contributed by atoms with E-state index < -0.39 is 6.04 Å². The summed E-state index contributed by atoms with van der Waals surface area (Å²) >= 11 is 0. The van der Waals surface area contributed by atoms with Crippen LogP contribution in [-0.4, -0.2) is 29.3 Å². The molecule has 0 radical (unpaired) electrons. The van der Waals surface area contributed by atoms with Crippen LogP contribution in [0.3, 0.4) is 0 Å². The van der Waals surface area contributed by atoms with E-state index in [0.717, 1.165) is 11.1 Å². The first-order chi connectivity index (χ1) is 13.4. The quantitative estimate of drug-likeness (QED) is 0.712. The summed E-state index contributed by atoms with van der Waals surface area (Å²) in [6, 6.07) is 15.2. The van der Waals surface area contributed by atoms with E-state index in [1.807, 2.05) is 44.2 Å². The average Bonchev–Trinajstić information content (AvgIpc) is 2.70. The fourth-order valence-electron chi connectivity index (χ4n) is 2.86. The van der Waals surface area contributed by atoms with Crippen molar-refractivity contribution in [2.75, 3.05) is 6.54 Å². The van der Waals surface area contributed by atoms with Gasteiger partial charge in [-0.25, -0.2) is 4.39 Å². The third-order valence-electron chi connectivity index (χ3n) is 4.59. The van der Waals surface area contributed by atoms with Gasteiger partial charge in [0.25, 0.3) is 0 Å². The van der Waals surface area contributed by atoms with Gasteiger partial charge in [-0.05, 0) is 42.5 Å². The van der Waals surface area contributed by atoms with Crippen LogP contribution in [0.1, 0.15) is 38.3 Å². The number of nitrogens with zero attached hydrogens (tertiary/aromatic N) is 1. The van der Waals surface area contributed by atoms with E-state index in [1.54, 1.807) is 24.0 Å². The van der Waals surface area contributed by atoms with Crippen LogP contribution in [0.5, 0.6) is 0 Å². The Labute approximate surface area is 166 Å². The number of amides is 2. The van der Waals surface area contributed by atoms with Crippen molar-refractivity contribution in [3.8, 4) is 0 Å². The van der Waals surface area contributed by atoms with Crippen molar-refractivity contribution in [2.45, 2.75) is 46.2 Å². The fraction of sp³-hybridized carbons (Fsp3) is 0.391. The molecule has 28 heavy (non-hydrogen) atoms. The second-order valence-corrected chi connectivity index (χ2v) is 7.45. The average molecular weight is 384 g/mol. The van der Waals surface area contributed by atoms with Crippen LogP contribution in [0.15, 0.2) is 54.6 Å². The zero-order valence-corrected chi connectivity index (χ0v) is 16.8. The molecule has 0 aliphatic carbocycles. The molecule has 2 amide bonds. The molecule has 0 saturated heterocycles. The van der Waals surface area contributed by atoms with E-state index >= 15 is 0 Å². The number of hydrogen-bond donors (Lipinski definition) is 1. The Hall–Kier alpha value is -2.69. The number of benzene rings is 2. The minimum absolute atomic E-state index is 0.0969. The Bertz CT molecular complexity index is 760. The van der Waals surface area contributed by atoms with E-state index in [4.69, 9.17) is 0 Å². The minimum Gasteiger partial charge on any atom is -0.354 e. The minimum atomic E-state index is -0.605. The number of nitrogens with one attached hydrogen (secondary N) is 1. The molecule has 4 nitrogen and oxygen atoms in total. The Morgan fingerprint density at radius 1 is 0.964 bits per heavy atom. The zero-order valence-electron chi connectivity index (χ0n) is 16.8. The molecular weight excluding hydrogens is 355 g/mol. The van der Waals surface area contributed by atoms with Crippen molar-refractivity contribution in [2.24, 2.45) is 5.92 Å². The predicted octanol–water partition coefficient (Wildman–Crippen LogP) is 3.95. The first-order valence-electron chi connectivity index (χ1n) is 9.72. The standard InChI is InChI=1S/C23H29FN2O2/c1-17(2)15-25-23(28)18(3)26(16-20-9-12-21(24)13-10-20)22(27)14-11-19-7-5-4-6-8-19/h4-10,12-13,17-18H,11,14-16H2,1-3H3,(H,25,28)/t18-/m1/s1. The van der Waals surface area contributed by atoms with Gasteiger partial charge in [0.05, 0.1) is 0 Å². The molecule has 0 unspecified atom stereocenters. The smallest absolute Gasteiger partial charge is 0.242 e. The van der Waals surface area contributed by atoms with Crippen molar-refractivity contribution in [1.29, 1.82) is 0 Å². The number of aryl methyl sites for hydroxylation is 1. The van der Waals surface area contributed by atoms with E-state index in [9.17, 15) is 14.0 Å². The molecule has 0 heterocycles. The molecule has 0 spiro atoms. The largest absolute Gasteiger partial charge is 0.354 e. The normalized spacial score (nSPS) is 11.9. The van der Waals surface area contributed by atoms with Gasteiger partial charge in [-0.1, -0.05) is 56.3 Å². The molecular formula is C23H29FN2O2. The summed E-state index contributed by atoms with van der Waals surface area (Å²) in [5.41, 5.74) is 1.87. The first kappa shape index (κ1) is 21.6. The molecule has 0 bridgehead atoms. The van der Waals surface area contributed by atoms with Crippen molar-refractivity contribution in [3.05, 3.63) is 71.5 Å². The Morgan fingerprint density at radius 3 is 2.21 bits per heavy atom. The summed E-state index contributed by atoms with van der Waals surface area (Å²) in [7, 11) is 0. The molecule has 2 aromatic rings. The second kappa shape index (κ2) is 10.6. The Balaban J connectivity index is 2.10.